The Hall–Kier alpha value is -2.81. The monoisotopic (exact) mass is 422 g/mol. The molecule has 1 aliphatic rings. The molecule has 0 unspecified atom stereocenters. The van der Waals surface area contributed by atoms with Crippen LogP contribution in [0.1, 0.15) is 56.6 Å². The Morgan fingerprint density at radius 2 is 1.58 bits per heavy atom. The summed E-state index contributed by atoms with van der Waals surface area (Å²) < 4.78 is 43.3. The lowest BCUT2D eigenvalue weighted by molar-refractivity contribution is 0.339. The second-order valence-electron chi connectivity index (χ2n) is 8.59. The van der Waals surface area contributed by atoms with Crippen LogP contribution in [0.5, 0.6) is 0 Å². The van der Waals surface area contributed by atoms with Gasteiger partial charge in [-0.1, -0.05) is 81.5 Å². The van der Waals surface area contributed by atoms with Gasteiger partial charge in [-0.05, 0) is 65.5 Å². The molecular formula is C28H29F3. The minimum Gasteiger partial charge on any atom is -0.207 e. The molecule has 0 aromatic heterocycles. The molecule has 2 aromatic carbocycles. The zero-order valence-corrected chi connectivity index (χ0v) is 18.2. The van der Waals surface area contributed by atoms with Crippen molar-refractivity contribution in [2.24, 2.45) is 5.92 Å². The van der Waals surface area contributed by atoms with Gasteiger partial charge in [0.1, 0.15) is 5.83 Å². The fourth-order valence-corrected chi connectivity index (χ4v) is 3.98. The molecule has 0 N–H and O–H groups in total. The molecule has 0 nitrogen and oxygen atoms in total. The number of hydrogen-bond donors (Lipinski definition) is 0. The van der Waals surface area contributed by atoms with E-state index in [1.165, 1.54) is 6.08 Å². The first-order chi connectivity index (χ1) is 14.8. The Balaban J connectivity index is 1.76. The van der Waals surface area contributed by atoms with Gasteiger partial charge >= 0.3 is 0 Å². The highest BCUT2D eigenvalue weighted by Gasteiger charge is 2.25. The summed E-state index contributed by atoms with van der Waals surface area (Å²) in [6.45, 7) is 11.1. The molecule has 0 bridgehead atoms. The van der Waals surface area contributed by atoms with Crippen molar-refractivity contribution < 1.29 is 13.2 Å². The van der Waals surface area contributed by atoms with Crippen molar-refractivity contribution >= 4 is 6.08 Å². The molecule has 3 heteroatoms. The molecule has 1 fully saturated rings. The molecule has 0 heterocycles. The molecule has 31 heavy (non-hydrogen) atoms. The molecule has 3 rings (SSSR count). The van der Waals surface area contributed by atoms with Crippen LogP contribution in [0.4, 0.5) is 13.2 Å². The van der Waals surface area contributed by atoms with Crippen molar-refractivity contribution in [3.8, 4) is 11.1 Å². The number of allylic oxidation sites excluding steroid dienone is 5. The highest BCUT2D eigenvalue weighted by Crippen LogP contribution is 2.38. The van der Waals surface area contributed by atoms with E-state index in [0.717, 1.165) is 31.2 Å². The quantitative estimate of drug-likeness (QED) is 0.408. The minimum absolute atomic E-state index is 0.101. The van der Waals surface area contributed by atoms with E-state index < -0.39 is 17.5 Å². The summed E-state index contributed by atoms with van der Waals surface area (Å²) in [5.41, 5.74) is 3.08. The van der Waals surface area contributed by atoms with Crippen LogP contribution >= 0.6 is 0 Å². The van der Waals surface area contributed by atoms with Crippen LogP contribution in [0.25, 0.3) is 17.2 Å². The summed E-state index contributed by atoms with van der Waals surface area (Å²) in [7, 11) is 0. The van der Waals surface area contributed by atoms with Crippen LogP contribution in [-0.2, 0) is 0 Å². The van der Waals surface area contributed by atoms with Crippen molar-refractivity contribution in [1.82, 2.24) is 0 Å². The Labute approximate surface area is 183 Å². The normalized spacial score (nSPS) is 19.6. The van der Waals surface area contributed by atoms with E-state index in [-0.39, 0.29) is 11.5 Å². The SMILES string of the molecule is C=C(/C=C/c1ccc(-c2ccc(C3CCC(C)CC3)c(F)c2F)cc1)/C=C(/F)C(=C)C. The van der Waals surface area contributed by atoms with Gasteiger partial charge in [0.25, 0.3) is 0 Å². The zero-order chi connectivity index (χ0) is 22.5. The molecule has 0 spiro atoms. The molecule has 0 amide bonds. The maximum Gasteiger partial charge on any atom is 0.166 e. The third-order valence-electron chi connectivity index (χ3n) is 6.00. The van der Waals surface area contributed by atoms with Gasteiger partial charge in [-0.25, -0.2) is 13.2 Å². The first-order valence-corrected chi connectivity index (χ1v) is 10.7. The van der Waals surface area contributed by atoms with E-state index in [2.05, 4.69) is 20.1 Å². The van der Waals surface area contributed by atoms with Crippen LogP contribution in [0.2, 0.25) is 0 Å². The van der Waals surface area contributed by atoms with E-state index >= 15 is 0 Å². The molecule has 0 saturated heterocycles. The topological polar surface area (TPSA) is 0 Å². The molecule has 1 aliphatic carbocycles. The Morgan fingerprint density at radius 1 is 0.935 bits per heavy atom. The molecule has 2 aromatic rings. The van der Waals surface area contributed by atoms with Gasteiger partial charge in [0, 0.05) is 5.56 Å². The third kappa shape index (κ3) is 5.66. The van der Waals surface area contributed by atoms with Gasteiger partial charge in [0.05, 0.1) is 0 Å². The van der Waals surface area contributed by atoms with E-state index in [9.17, 15) is 13.2 Å². The molecule has 0 aliphatic heterocycles. The lowest BCUT2D eigenvalue weighted by Gasteiger charge is -2.27. The maximum absolute atomic E-state index is 14.9. The fourth-order valence-electron chi connectivity index (χ4n) is 3.98. The average Bonchev–Trinajstić information content (AvgIpc) is 2.75. The predicted octanol–water partition coefficient (Wildman–Crippen LogP) is 8.92. The second-order valence-corrected chi connectivity index (χ2v) is 8.59. The van der Waals surface area contributed by atoms with E-state index in [1.54, 1.807) is 43.3 Å². The number of hydrogen-bond acceptors (Lipinski definition) is 0. The molecule has 1 saturated carbocycles. The minimum atomic E-state index is -0.784. The highest BCUT2D eigenvalue weighted by molar-refractivity contribution is 5.67. The van der Waals surface area contributed by atoms with Crippen molar-refractivity contribution in [1.29, 1.82) is 0 Å². The highest BCUT2D eigenvalue weighted by atomic mass is 19.2. The third-order valence-corrected chi connectivity index (χ3v) is 6.00. The summed E-state index contributed by atoms with van der Waals surface area (Å²) in [6, 6.07) is 10.6. The Bertz CT molecular complexity index is 1020. The largest absolute Gasteiger partial charge is 0.207 e. The number of halogens is 3. The Morgan fingerprint density at radius 3 is 2.19 bits per heavy atom. The van der Waals surface area contributed by atoms with E-state index in [0.29, 0.717) is 28.2 Å². The van der Waals surface area contributed by atoms with Crippen molar-refractivity contribution in [3.05, 3.63) is 101 Å². The van der Waals surface area contributed by atoms with Gasteiger partial charge < -0.3 is 0 Å². The average molecular weight is 423 g/mol. The summed E-state index contributed by atoms with van der Waals surface area (Å²) >= 11 is 0. The standard InChI is InChI=1S/C28H29F3/c1-18(2)26(29)17-20(4)5-8-21-9-13-23(14-10-21)25-16-15-24(27(30)28(25)31)22-11-6-19(3)7-12-22/h5,8-10,13-17,19,22H,1,4,6-7,11-12H2,2-3H3/b8-5+,26-17+. The predicted molar refractivity (Wildman–Crippen MR) is 124 cm³/mol. The zero-order valence-electron chi connectivity index (χ0n) is 18.2. The first kappa shape index (κ1) is 22.9. The smallest absolute Gasteiger partial charge is 0.166 e. The van der Waals surface area contributed by atoms with Gasteiger partial charge in [0.15, 0.2) is 11.6 Å². The second kappa shape index (κ2) is 10.00. The van der Waals surface area contributed by atoms with Crippen LogP contribution < -0.4 is 0 Å². The molecule has 0 radical (unpaired) electrons. The number of benzene rings is 2. The summed E-state index contributed by atoms with van der Waals surface area (Å²) in [6.07, 6.45) is 8.74. The van der Waals surface area contributed by atoms with Crippen LogP contribution in [0, 0.1) is 17.6 Å². The lowest BCUT2D eigenvalue weighted by atomic mass is 9.79. The summed E-state index contributed by atoms with van der Waals surface area (Å²) in [5, 5.41) is 0. The van der Waals surface area contributed by atoms with E-state index in [1.807, 2.05) is 12.1 Å². The number of rotatable bonds is 6. The molecular weight excluding hydrogens is 393 g/mol. The van der Waals surface area contributed by atoms with Crippen LogP contribution in [-0.4, -0.2) is 0 Å². The van der Waals surface area contributed by atoms with Gasteiger partial charge in [-0.2, -0.15) is 0 Å². The van der Waals surface area contributed by atoms with Gasteiger partial charge in [-0.3, -0.25) is 0 Å². The van der Waals surface area contributed by atoms with Crippen molar-refractivity contribution in [3.63, 3.8) is 0 Å². The Kier molecular flexibility index (Phi) is 7.37. The van der Waals surface area contributed by atoms with Crippen molar-refractivity contribution in [2.75, 3.05) is 0 Å². The lowest BCUT2D eigenvalue weighted by Crippen LogP contribution is -2.13. The molecule has 0 atom stereocenters. The van der Waals surface area contributed by atoms with Crippen LogP contribution in [0.15, 0.2) is 78.7 Å². The fraction of sp³-hybridized carbons (Fsp3) is 0.286. The molecule has 162 valence electrons. The summed E-state index contributed by atoms with van der Waals surface area (Å²) in [4.78, 5) is 0. The maximum atomic E-state index is 14.9. The van der Waals surface area contributed by atoms with Crippen molar-refractivity contribution in [2.45, 2.75) is 45.4 Å². The first-order valence-electron chi connectivity index (χ1n) is 10.7. The summed E-state index contributed by atoms with van der Waals surface area (Å²) in [5.74, 6) is -1.15. The van der Waals surface area contributed by atoms with Crippen LogP contribution in [0.3, 0.4) is 0 Å². The van der Waals surface area contributed by atoms with Gasteiger partial charge in [-0.15, -0.1) is 0 Å². The van der Waals surface area contributed by atoms with E-state index in [4.69, 9.17) is 0 Å². The van der Waals surface area contributed by atoms with Gasteiger partial charge in [0.2, 0.25) is 0 Å².